The third kappa shape index (κ3) is 9.42. The van der Waals surface area contributed by atoms with Gasteiger partial charge in [0.15, 0.2) is 5.82 Å². The Morgan fingerprint density at radius 3 is 2.63 bits per heavy atom. The van der Waals surface area contributed by atoms with E-state index in [1.807, 2.05) is 0 Å². The fourth-order valence-electron chi connectivity index (χ4n) is 4.26. The normalized spacial score (nSPS) is 23.2. The van der Waals surface area contributed by atoms with E-state index in [2.05, 4.69) is 30.3 Å². The molecular formula is C23H31F5N6O4. The number of halogens is 5. The highest BCUT2D eigenvalue weighted by Gasteiger charge is 2.36. The molecule has 38 heavy (non-hydrogen) atoms. The third-order valence-electron chi connectivity index (χ3n) is 6.24. The molecule has 3 N–H and O–H groups in total. The summed E-state index contributed by atoms with van der Waals surface area (Å²) in [6.45, 7) is -1.66. The minimum absolute atomic E-state index is 0.000745. The molecule has 1 aromatic rings. The number of aromatic nitrogens is 2. The number of rotatable bonds is 10. The second-order valence-corrected chi connectivity index (χ2v) is 9.51. The Kier molecular flexibility index (Phi) is 10.3. The Bertz CT molecular complexity index is 988. The minimum Gasteiger partial charge on any atom is -0.393 e. The highest BCUT2D eigenvalue weighted by atomic mass is 19.4. The molecule has 1 aromatic heterocycles. The van der Waals surface area contributed by atoms with Crippen LogP contribution in [0.2, 0.25) is 0 Å². The number of ether oxygens (including phenoxy) is 1. The first-order valence-electron chi connectivity index (χ1n) is 12.3. The summed E-state index contributed by atoms with van der Waals surface area (Å²) in [6.07, 6.45) is -0.757. The Morgan fingerprint density at radius 2 is 1.97 bits per heavy atom. The quantitative estimate of drug-likeness (QED) is 0.302. The van der Waals surface area contributed by atoms with E-state index in [1.54, 1.807) is 13.1 Å². The Morgan fingerprint density at radius 1 is 1.26 bits per heavy atom. The molecule has 212 valence electrons. The van der Waals surface area contributed by atoms with Gasteiger partial charge < -0.3 is 25.4 Å². The van der Waals surface area contributed by atoms with Gasteiger partial charge in [0, 0.05) is 37.6 Å². The molecule has 0 spiro atoms. The topological polar surface area (TPSA) is 129 Å². The molecule has 3 rings (SSSR count). The second kappa shape index (κ2) is 13.2. The van der Waals surface area contributed by atoms with Gasteiger partial charge in [-0.1, -0.05) is 0 Å². The van der Waals surface area contributed by atoms with E-state index >= 15 is 0 Å². The van der Waals surface area contributed by atoms with E-state index in [0.717, 1.165) is 4.90 Å². The van der Waals surface area contributed by atoms with Crippen molar-refractivity contribution in [1.82, 2.24) is 20.2 Å². The molecule has 2 aliphatic rings. The van der Waals surface area contributed by atoms with Crippen LogP contribution in [0.3, 0.4) is 0 Å². The molecule has 2 heterocycles. The Balaban J connectivity index is 1.70. The van der Waals surface area contributed by atoms with Crippen molar-refractivity contribution < 1.29 is 41.4 Å². The van der Waals surface area contributed by atoms with Gasteiger partial charge in [-0.2, -0.15) is 26.9 Å². The maximum atomic E-state index is 13.0. The molecule has 1 aliphatic carbocycles. The van der Waals surface area contributed by atoms with Crippen LogP contribution in [0.5, 0.6) is 0 Å². The van der Waals surface area contributed by atoms with Crippen LogP contribution in [-0.4, -0.2) is 88.7 Å². The summed E-state index contributed by atoms with van der Waals surface area (Å²) in [4.78, 5) is 38.6. The monoisotopic (exact) mass is 550 g/mol. The van der Waals surface area contributed by atoms with Crippen LogP contribution >= 0.6 is 0 Å². The summed E-state index contributed by atoms with van der Waals surface area (Å²) in [5.74, 6) is -1.58. The predicted molar refractivity (Wildman–Crippen MR) is 126 cm³/mol. The lowest BCUT2D eigenvalue weighted by atomic mass is 9.88. The van der Waals surface area contributed by atoms with Crippen molar-refractivity contribution >= 4 is 29.8 Å². The number of anilines is 1. The van der Waals surface area contributed by atoms with Crippen LogP contribution in [0.25, 0.3) is 0 Å². The zero-order valence-electron chi connectivity index (χ0n) is 20.8. The number of aliphatic hydroxyl groups is 1. The first-order chi connectivity index (χ1) is 17.9. The van der Waals surface area contributed by atoms with Crippen LogP contribution < -0.4 is 10.6 Å². The van der Waals surface area contributed by atoms with E-state index in [-0.39, 0.29) is 55.5 Å². The van der Waals surface area contributed by atoms with Gasteiger partial charge in [-0.3, -0.25) is 9.59 Å². The smallest absolute Gasteiger partial charge is 0.393 e. The number of hydrogen-bond acceptors (Lipinski definition) is 8. The van der Waals surface area contributed by atoms with Gasteiger partial charge in [0.05, 0.1) is 12.7 Å². The molecule has 2 atom stereocenters. The van der Waals surface area contributed by atoms with Gasteiger partial charge in [-0.25, -0.2) is 9.98 Å². The Hall–Kier alpha value is -2.94. The second-order valence-electron chi connectivity index (χ2n) is 9.51. The van der Waals surface area contributed by atoms with Gasteiger partial charge in [0.25, 0.3) is 5.91 Å². The van der Waals surface area contributed by atoms with Crippen LogP contribution in [0.4, 0.5) is 33.7 Å². The van der Waals surface area contributed by atoms with E-state index in [4.69, 9.17) is 0 Å². The first-order valence-corrected chi connectivity index (χ1v) is 12.3. The fourth-order valence-corrected chi connectivity index (χ4v) is 4.26. The van der Waals surface area contributed by atoms with Crippen molar-refractivity contribution in [3.63, 3.8) is 0 Å². The number of likely N-dealkylation sites (tertiary alicyclic amines) is 1. The number of aliphatic imine (C=N–C) groups is 1. The fraction of sp³-hybridized carbons (Fsp3) is 0.696. The summed E-state index contributed by atoms with van der Waals surface area (Å²) < 4.78 is 66.5. The van der Waals surface area contributed by atoms with Crippen molar-refractivity contribution in [3.8, 4) is 0 Å². The number of carbonyl (C=O) groups is 2. The number of amides is 2. The van der Waals surface area contributed by atoms with Crippen molar-refractivity contribution in [2.24, 2.45) is 10.9 Å². The van der Waals surface area contributed by atoms with E-state index < -0.39 is 43.1 Å². The van der Waals surface area contributed by atoms with Gasteiger partial charge >= 0.3 is 12.8 Å². The first kappa shape index (κ1) is 29.6. The molecule has 1 saturated carbocycles. The molecule has 0 bridgehead atoms. The average molecular weight is 551 g/mol. The molecule has 2 amide bonds. The summed E-state index contributed by atoms with van der Waals surface area (Å²) in [5, 5.41) is 15.2. The largest absolute Gasteiger partial charge is 0.397 e. The van der Waals surface area contributed by atoms with Crippen LogP contribution in [0.1, 0.15) is 55.8 Å². The molecule has 1 aliphatic heterocycles. The van der Waals surface area contributed by atoms with E-state index in [9.17, 15) is 36.6 Å². The molecular weight excluding hydrogens is 519 g/mol. The number of carbonyl (C=O) groups excluding carboxylic acids is 2. The van der Waals surface area contributed by atoms with Gasteiger partial charge in [0.1, 0.15) is 12.0 Å². The van der Waals surface area contributed by atoms with Crippen molar-refractivity contribution in [1.29, 1.82) is 0 Å². The number of alkyl halides is 5. The van der Waals surface area contributed by atoms with Gasteiger partial charge in [-0.15, -0.1) is 0 Å². The Labute approximate surface area is 216 Å². The number of nitrogens with zero attached hydrogens (tertiary/aromatic N) is 4. The van der Waals surface area contributed by atoms with Gasteiger partial charge in [0.2, 0.25) is 11.9 Å². The lowest BCUT2D eigenvalue weighted by Crippen LogP contribution is -2.39. The molecule has 0 unspecified atom stereocenters. The number of aliphatic hydroxyl groups excluding tert-OH is 1. The molecule has 15 heteroatoms. The van der Waals surface area contributed by atoms with Crippen LogP contribution in [0, 0.1) is 5.92 Å². The lowest BCUT2D eigenvalue weighted by Gasteiger charge is -2.22. The summed E-state index contributed by atoms with van der Waals surface area (Å²) >= 11 is 0. The molecule has 0 aromatic carbocycles. The summed E-state index contributed by atoms with van der Waals surface area (Å²) in [6, 6.07) is -1.15. The lowest BCUT2D eigenvalue weighted by molar-refractivity contribution is -0.160. The van der Waals surface area contributed by atoms with Crippen LogP contribution in [-0.2, 0) is 9.53 Å². The summed E-state index contributed by atoms with van der Waals surface area (Å²) in [7, 11) is 0. The standard InChI is InChI=1S/C23H31F5N6O4/c1-13(12-38-21(24)25)31-22-30-10-17(19(33-22)29-9-14-2-4-16(35)5-3-14)20(37)32-15-6-7-34(11-15)18(36)8-23(26,27)28/h9-10,13-16,21,35H,2-8,11-12H2,1H3,(H,32,37)(H,30,31,33)/t13-,14?,15-,16?/m0/s1. The van der Waals surface area contributed by atoms with E-state index in [0.29, 0.717) is 25.7 Å². The third-order valence-corrected chi connectivity index (χ3v) is 6.24. The SMILES string of the molecule is C[C@@H](COC(F)F)Nc1ncc(C(=O)N[C@H]2CCN(C(=O)CC(F)(F)F)C2)c(N=CC2CCC(O)CC2)n1. The molecule has 1 saturated heterocycles. The van der Waals surface area contributed by atoms with Crippen LogP contribution in [0.15, 0.2) is 11.2 Å². The van der Waals surface area contributed by atoms with Gasteiger partial charge in [-0.05, 0) is 44.9 Å². The zero-order chi connectivity index (χ0) is 27.9. The number of nitrogens with one attached hydrogen (secondary N) is 2. The molecule has 2 fully saturated rings. The average Bonchev–Trinajstić information content (AvgIpc) is 3.30. The van der Waals surface area contributed by atoms with Crippen molar-refractivity contribution in [3.05, 3.63) is 11.8 Å². The summed E-state index contributed by atoms with van der Waals surface area (Å²) in [5.41, 5.74) is -0.000745. The minimum atomic E-state index is -4.61. The van der Waals surface area contributed by atoms with Crippen molar-refractivity contribution in [2.75, 3.05) is 25.0 Å². The van der Waals surface area contributed by atoms with Crippen molar-refractivity contribution in [2.45, 2.75) is 76.4 Å². The maximum absolute atomic E-state index is 13.0. The molecule has 0 radical (unpaired) electrons. The number of hydrogen-bond donors (Lipinski definition) is 3. The highest BCUT2D eigenvalue weighted by Crippen LogP contribution is 2.26. The molecule has 10 nitrogen and oxygen atoms in total. The van der Waals surface area contributed by atoms with E-state index in [1.165, 1.54) is 6.20 Å². The maximum Gasteiger partial charge on any atom is 0.397 e. The predicted octanol–water partition coefficient (Wildman–Crippen LogP) is 3.05. The highest BCUT2D eigenvalue weighted by molar-refractivity contribution is 5.98. The zero-order valence-corrected chi connectivity index (χ0v) is 20.8.